The molecule has 0 fully saturated rings. The highest BCUT2D eigenvalue weighted by atomic mass is 16.6. The van der Waals surface area contributed by atoms with Crippen LogP contribution in [-0.2, 0) is 9.53 Å². The first-order chi connectivity index (χ1) is 15.0. The van der Waals surface area contributed by atoms with Crippen LogP contribution in [0.2, 0.25) is 0 Å². The molecule has 0 amide bonds. The summed E-state index contributed by atoms with van der Waals surface area (Å²) in [5.41, 5.74) is 2.37. The lowest BCUT2D eigenvalue weighted by Gasteiger charge is -2.15. The average Bonchev–Trinajstić information content (AvgIpc) is 3.17. The molecule has 4 rings (SSSR count). The maximum absolute atomic E-state index is 12.4. The van der Waals surface area contributed by atoms with Crippen LogP contribution in [0.1, 0.15) is 28.9 Å². The molecule has 0 radical (unpaired) electrons. The lowest BCUT2D eigenvalue weighted by molar-refractivity contribution is -0.386. The van der Waals surface area contributed by atoms with Crippen LogP contribution in [0, 0.1) is 10.1 Å². The number of nitro groups is 1. The van der Waals surface area contributed by atoms with Crippen LogP contribution < -0.4 is 0 Å². The fourth-order valence-electron chi connectivity index (χ4n) is 3.58. The Hall–Kier alpha value is -4.26. The van der Waals surface area contributed by atoms with Gasteiger partial charge in [-0.05, 0) is 48.9 Å². The van der Waals surface area contributed by atoms with Crippen molar-refractivity contribution in [3.63, 3.8) is 0 Å². The summed E-state index contributed by atoms with van der Waals surface area (Å²) < 4.78 is 6.99. The van der Waals surface area contributed by atoms with Gasteiger partial charge < -0.3 is 4.74 Å². The molecular weight excluding hydrogens is 396 g/mol. The van der Waals surface area contributed by atoms with Gasteiger partial charge in [0.1, 0.15) is 6.10 Å². The molecule has 7 nitrogen and oxygen atoms in total. The molecule has 0 saturated heterocycles. The quantitative estimate of drug-likeness (QED) is 0.188. The molecule has 1 atom stereocenters. The van der Waals surface area contributed by atoms with E-state index in [1.165, 1.54) is 10.6 Å². The van der Waals surface area contributed by atoms with E-state index < -0.39 is 17.0 Å². The zero-order chi connectivity index (χ0) is 22.0. The van der Waals surface area contributed by atoms with Crippen LogP contribution in [0.15, 0.2) is 78.9 Å². The number of fused-ring (bicyclic) bond motifs is 1. The summed E-state index contributed by atoms with van der Waals surface area (Å²) in [6.07, 6.45) is -0.167. The number of aromatic nitrogens is 1. The molecule has 1 aromatic heterocycles. The molecule has 31 heavy (non-hydrogen) atoms. The molecule has 0 aliphatic carbocycles. The highest BCUT2D eigenvalue weighted by Gasteiger charge is 2.24. The molecule has 0 saturated carbocycles. The van der Waals surface area contributed by atoms with Gasteiger partial charge in [-0.25, -0.2) is 4.79 Å². The van der Waals surface area contributed by atoms with Crippen molar-refractivity contribution in [2.75, 3.05) is 0 Å². The van der Waals surface area contributed by atoms with Crippen LogP contribution in [-0.4, -0.2) is 21.9 Å². The number of carbonyl (C=O) groups is 2. The second-order valence-corrected chi connectivity index (χ2v) is 7.01. The number of nitro benzene ring substituents is 1. The number of rotatable bonds is 6. The van der Waals surface area contributed by atoms with Crippen molar-refractivity contribution >= 4 is 29.0 Å². The van der Waals surface area contributed by atoms with E-state index in [1.54, 1.807) is 49.4 Å². The Morgan fingerprint density at radius 2 is 1.74 bits per heavy atom. The van der Waals surface area contributed by atoms with E-state index in [-0.39, 0.29) is 11.3 Å². The van der Waals surface area contributed by atoms with Crippen LogP contribution >= 0.6 is 0 Å². The van der Waals surface area contributed by atoms with Crippen molar-refractivity contribution in [2.45, 2.75) is 13.0 Å². The van der Waals surface area contributed by atoms with E-state index in [0.29, 0.717) is 23.2 Å². The Morgan fingerprint density at radius 3 is 2.45 bits per heavy atom. The van der Waals surface area contributed by atoms with Gasteiger partial charge in [0.05, 0.1) is 27.3 Å². The Morgan fingerprint density at radius 1 is 1.03 bits per heavy atom. The first-order valence-corrected chi connectivity index (χ1v) is 9.59. The average molecular weight is 414 g/mol. The van der Waals surface area contributed by atoms with Crippen molar-refractivity contribution in [3.8, 4) is 11.3 Å². The predicted octanol–water partition coefficient (Wildman–Crippen LogP) is 5.17. The molecule has 0 spiro atoms. The first kappa shape index (κ1) is 20.0. The van der Waals surface area contributed by atoms with Crippen molar-refractivity contribution < 1.29 is 19.2 Å². The highest BCUT2D eigenvalue weighted by molar-refractivity contribution is 5.93. The fraction of sp³-hybridized carbons (Fsp3) is 0.0833. The van der Waals surface area contributed by atoms with E-state index >= 15 is 0 Å². The van der Waals surface area contributed by atoms with E-state index in [0.717, 1.165) is 10.9 Å². The van der Waals surface area contributed by atoms with Crippen molar-refractivity contribution in [1.82, 2.24) is 4.57 Å². The number of nitrogens with zero attached hydrogens (tertiary/aromatic N) is 2. The second kappa shape index (κ2) is 8.23. The first-order valence-electron chi connectivity index (χ1n) is 9.59. The van der Waals surface area contributed by atoms with Gasteiger partial charge in [-0.15, -0.1) is 0 Å². The molecule has 1 heterocycles. The fourth-order valence-corrected chi connectivity index (χ4v) is 3.58. The number of benzene rings is 3. The molecule has 4 aromatic rings. The van der Waals surface area contributed by atoms with Gasteiger partial charge in [0.25, 0.3) is 5.69 Å². The molecule has 0 aliphatic heterocycles. The van der Waals surface area contributed by atoms with Gasteiger partial charge in [-0.2, -0.15) is 0 Å². The number of hydrogen-bond donors (Lipinski definition) is 0. The zero-order valence-corrected chi connectivity index (χ0v) is 16.6. The molecule has 0 aliphatic rings. The van der Waals surface area contributed by atoms with Gasteiger partial charge >= 0.3 is 5.97 Å². The van der Waals surface area contributed by atoms with Crippen LogP contribution in [0.3, 0.4) is 0 Å². The molecule has 154 valence electrons. The van der Waals surface area contributed by atoms with Crippen molar-refractivity contribution in [2.24, 2.45) is 0 Å². The van der Waals surface area contributed by atoms with Crippen molar-refractivity contribution in [3.05, 3.63) is 100 Å². The smallest absolute Gasteiger partial charge is 0.338 e. The number of para-hydroxylation sites is 1. The number of hydrogen-bond acceptors (Lipinski definition) is 5. The minimum atomic E-state index is -0.873. The monoisotopic (exact) mass is 414 g/mol. The topological polar surface area (TPSA) is 91.4 Å². The highest BCUT2D eigenvalue weighted by Crippen LogP contribution is 2.34. The Bertz CT molecular complexity index is 1290. The van der Waals surface area contributed by atoms with Crippen LogP contribution in [0.25, 0.3) is 22.2 Å². The number of esters is 1. The van der Waals surface area contributed by atoms with E-state index in [2.05, 4.69) is 0 Å². The largest absolute Gasteiger partial charge is 0.454 e. The number of carbonyl (C=O) groups excluding carboxylic acids is 2. The summed E-state index contributed by atoms with van der Waals surface area (Å²) in [4.78, 5) is 35.3. The summed E-state index contributed by atoms with van der Waals surface area (Å²) in [7, 11) is 0. The van der Waals surface area contributed by atoms with Crippen molar-refractivity contribution in [1.29, 1.82) is 0 Å². The van der Waals surface area contributed by atoms with Gasteiger partial charge in [-0.3, -0.25) is 19.5 Å². The lowest BCUT2D eigenvalue weighted by Crippen LogP contribution is -2.11. The lowest BCUT2D eigenvalue weighted by atomic mass is 10.0. The molecule has 7 heteroatoms. The van der Waals surface area contributed by atoms with Gasteiger partial charge in [0.15, 0.2) is 0 Å². The minimum Gasteiger partial charge on any atom is -0.454 e. The SMILES string of the molecule is CC(OC(=O)c1ccccc1)c1cc(-c2cc3ccccc3n2C=O)ccc1[N+](=O)[O-]. The third-order valence-electron chi connectivity index (χ3n) is 5.10. The Kier molecular flexibility index (Phi) is 5.32. The Labute approximate surface area is 177 Å². The summed E-state index contributed by atoms with van der Waals surface area (Å²) in [6.45, 7) is 1.59. The van der Waals surface area contributed by atoms with Gasteiger partial charge in [0, 0.05) is 11.5 Å². The molecule has 0 bridgehead atoms. The van der Waals surface area contributed by atoms with E-state index in [1.807, 2.05) is 30.3 Å². The minimum absolute atomic E-state index is 0.161. The normalized spacial score (nSPS) is 11.8. The molecule has 1 unspecified atom stereocenters. The van der Waals surface area contributed by atoms with E-state index in [4.69, 9.17) is 4.74 Å². The van der Waals surface area contributed by atoms with Gasteiger partial charge in [0.2, 0.25) is 6.41 Å². The predicted molar refractivity (Wildman–Crippen MR) is 116 cm³/mol. The standard InChI is InChI=1S/C24H18N2O5/c1-16(31-24(28)17-7-3-2-4-8-17)20-13-19(11-12-22(20)26(29)30)23-14-18-9-5-6-10-21(18)25(23)15-27/h2-16H,1H3. The van der Waals surface area contributed by atoms with Gasteiger partial charge in [-0.1, -0.05) is 36.4 Å². The third kappa shape index (κ3) is 3.81. The molecule has 0 N–H and O–H groups in total. The van der Waals surface area contributed by atoms with Crippen LogP contribution in [0.5, 0.6) is 0 Å². The molecule has 3 aromatic carbocycles. The summed E-state index contributed by atoms with van der Waals surface area (Å²) in [6, 6.07) is 22.2. The number of ether oxygens (including phenoxy) is 1. The molecular formula is C24H18N2O5. The van der Waals surface area contributed by atoms with E-state index in [9.17, 15) is 19.7 Å². The van der Waals surface area contributed by atoms with Crippen LogP contribution in [0.4, 0.5) is 5.69 Å². The maximum atomic E-state index is 12.4. The third-order valence-corrected chi connectivity index (χ3v) is 5.10. The summed E-state index contributed by atoms with van der Waals surface area (Å²) >= 11 is 0. The Balaban J connectivity index is 1.76. The second-order valence-electron chi connectivity index (χ2n) is 7.01. The zero-order valence-electron chi connectivity index (χ0n) is 16.6. The summed E-state index contributed by atoms with van der Waals surface area (Å²) in [5.74, 6) is -0.574. The summed E-state index contributed by atoms with van der Waals surface area (Å²) in [5, 5.41) is 12.5. The maximum Gasteiger partial charge on any atom is 0.338 e.